The maximum atomic E-state index is 12.2. The van der Waals surface area contributed by atoms with Crippen molar-refractivity contribution in [1.29, 1.82) is 0 Å². The van der Waals surface area contributed by atoms with E-state index in [1.807, 2.05) is 0 Å². The van der Waals surface area contributed by atoms with Crippen molar-refractivity contribution in [2.24, 2.45) is 0 Å². The largest absolute Gasteiger partial charge is 0.397 e. The number of pyridine rings is 1. The van der Waals surface area contributed by atoms with Crippen molar-refractivity contribution in [2.75, 3.05) is 11.5 Å². The van der Waals surface area contributed by atoms with Crippen LogP contribution in [0, 0.1) is 10.1 Å². The zero-order chi connectivity index (χ0) is 10.9. The number of hydrogen-bond acceptors (Lipinski definition) is 5. The van der Waals surface area contributed by atoms with Crippen LogP contribution in [-0.4, -0.2) is 9.91 Å². The molecule has 0 radical (unpaired) electrons. The summed E-state index contributed by atoms with van der Waals surface area (Å²) < 4.78 is 24.5. The first kappa shape index (κ1) is 10.1. The predicted octanol–water partition coefficient (Wildman–Crippen LogP) is 1.09. The molecular formula is C6H6F2N4O2. The van der Waals surface area contributed by atoms with Crippen LogP contribution >= 0.6 is 0 Å². The highest BCUT2D eigenvalue weighted by atomic mass is 19.3. The Morgan fingerprint density at radius 2 is 2.07 bits per heavy atom. The third-order valence-corrected chi connectivity index (χ3v) is 1.50. The van der Waals surface area contributed by atoms with Crippen LogP contribution in [0.25, 0.3) is 0 Å². The Balaban J connectivity index is 3.35. The number of aromatic nitrogens is 1. The minimum atomic E-state index is -2.99. The highest BCUT2D eigenvalue weighted by molar-refractivity contribution is 5.68. The zero-order valence-electron chi connectivity index (χ0n) is 6.78. The number of nitrogen functional groups attached to an aromatic ring is 2. The fourth-order valence-electron chi connectivity index (χ4n) is 0.841. The first-order chi connectivity index (χ1) is 6.43. The molecule has 1 rings (SSSR count). The van der Waals surface area contributed by atoms with Gasteiger partial charge in [0.25, 0.3) is 0 Å². The van der Waals surface area contributed by atoms with E-state index in [9.17, 15) is 18.9 Å². The summed E-state index contributed by atoms with van der Waals surface area (Å²) in [6, 6.07) is 0.835. The Hall–Kier alpha value is -1.99. The lowest BCUT2D eigenvalue weighted by Gasteiger charge is -2.02. The smallest absolute Gasteiger partial charge is 0.366 e. The summed E-state index contributed by atoms with van der Waals surface area (Å²) in [6.45, 7) is 0. The van der Waals surface area contributed by atoms with Crippen molar-refractivity contribution in [2.45, 2.75) is 6.43 Å². The van der Waals surface area contributed by atoms with Crippen molar-refractivity contribution in [3.8, 4) is 0 Å². The van der Waals surface area contributed by atoms with Crippen LogP contribution in [0.5, 0.6) is 0 Å². The number of alkyl halides is 2. The van der Waals surface area contributed by atoms with Gasteiger partial charge in [-0.05, 0) is 9.91 Å². The maximum Gasteiger partial charge on any atom is 0.366 e. The lowest BCUT2D eigenvalue weighted by atomic mass is 10.2. The molecule has 1 heterocycles. The molecule has 0 saturated heterocycles. The van der Waals surface area contributed by atoms with Crippen LogP contribution in [0.1, 0.15) is 12.1 Å². The molecule has 4 N–H and O–H groups in total. The van der Waals surface area contributed by atoms with E-state index < -0.39 is 28.5 Å². The topological polar surface area (TPSA) is 108 Å². The molecule has 6 nitrogen and oxygen atoms in total. The second kappa shape index (κ2) is 3.40. The normalized spacial score (nSPS) is 10.5. The third-order valence-electron chi connectivity index (χ3n) is 1.50. The molecule has 1 aromatic rings. The van der Waals surface area contributed by atoms with E-state index in [-0.39, 0.29) is 5.69 Å². The van der Waals surface area contributed by atoms with Crippen LogP contribution in [0.4, 0.5) is 26.0 Å². The molecule has 1 aromatic heterocycles. The molecule has 14 heavy (non-hydrogen) atoms. The molecule has 0 aliphatic heterocycles. The van der Waals surface area contributed by atoms with E-state index in [1.54, 1.807) is 0 Å². The average Bonchev–Trinajstić information content (AvgIpc) is 2.08. The summed E-state index contributed by atoms with van der Waals surface area (Å²) in [6.07, 6.45) is -2.99. The van der Waals surface area contributed by atoms with Crippen molar-refractivity contribution < 1.29 is 13.7 Å². The van der Waals surface area contributed by atoms with Gasteiger partial charge in [-0.1, -0.05) is 0 Å². The van der Waals surface area contributed by atoms with Gasteiger partial charge in [0.05, 0.1) is 11.8 Å². The van der Waals surface area contributed by atoms with Gasteiger partial charge in [-0.3, -0.25) is 0 Å². The maximum absolute atomic E-state index is 12.2. The summed E-state index contributed by atoms with van der Waals surface area (Å²) in [5, 5.41) is 10.2. The number of hydrogen-bond donors (Lipinski definition) is 2. The number of nitrogens with two attached hydrogens (primary N) is 2. The summed E-state index contributed by atoms with van der Waals surface area (Å²) in [7, 11) is 0. The van der Waals surface area contributed by atoms with Crippen molar-refractivity contribution >= 4 is 17.2 Å². The van der Waals surface area contributed by atoms with Crippen LogP contribution in [-0.2, 0) is 0 Å². The fourth-order valence-corrected chi connectivity index (χ4v) is 0.841. The number of nitro groups is 1. The molecule has 0 aliphatic rings. The monoisotopic (exact) mass is 204 g/mol. The van der Waals surface area contributed by atoms with Gasteiger partial charge in [0.1, 0.15) is 5.69 Å². The summed E-state index contributed by atoms with van der Waals surface area (Å²) in [4.78, 5) is 12.4. The molecule has 0 atom stereocenters. The Bertz CT molecular complexity index is 382. The first-order valence-electron chi connectivity index (χ1n) is 3.42. The quantitative estimate of drug-likeness (QED) is 0.553. The second-order valence-electron chi connectivity index (χ2n) is 2.43. The lowest BCUT2D eigenvalue weighted by Crippen LogP contribution is -2.05. The van der Waals surface area contributed by atoms with Crippen molar-refractivity contribution in [3.05, 3.63) is 21.9 Å². The number of rotatable bonds is 2. The molecule has 0 unspecified atom stereocenters. The molecule has 0 aromatic carbocycles. The van der Waals surface area contributed by atoms with Gasteiger partial charge in [0.2, 0.25) is 5.69 Å². The fraction of sp³-hybridized carbons (Fsp3) is 0.167. The first-order valence-corrected chi connectivity index (χ1v) is 3.42. The van der Waals surface area contributed by atoms with E-state index in [2.05, 4.69) is 4.98 Å². The molecule has 0 amide bonds. The SMILES string of the molecule is Nc1cc([N+](=O)[O-])nc(C(F)F)c1N. The molecule has 0 saturated carbocycles. The molecule has 0 spiro atoms. The van der Waals surface area contributed by atoms with E-state index in [0.29, 0.717) is 0 Å². The molecule has 76 valence electrons. The van der Waals surface area contributed by atoms with E-state index >= 15 is 0 Å². The van der Waals surface area contributed by atoms with E-state index in [4.69, 9.17) is 11.5 Å². The predicted molar refractivity (Wildman–Crippen MR) is 44.7 cm³/mol. The molecule has 0 bridgehead atoms. The van der Waals surface area contributed by atoms with E-state index in [1.165, 1.54) is 0 Å². The molecule has 0 fully saturated rings. The summed E-state index contributed by atoms with van der Waals surface area (Å²) in [5.41, 5.74) is 8.79. The zero-order valence-corrected chi connectivity index (χ0v) is 6.78. The average molecular weight is 204 g/mol. The van der Waals surface area contributed by atoms with Crippen LogP contribution in [0.15, 0.2) is 6.07 Å². The Kier molecular flexibility index (Phi) is 2.45. The standard InChI is InChI=1S/C6H6F2N4O2/c7-6(8)5-4(10)2(9)1-3(11-5)12(13)14/h1,6H,10H2,(H2,9,11). The minimum absolute atomic E-state index is 0.276. The van der Waals surface area contributed by atoms with Crippen LogP contribution in [0.3, 0.4) is 0 Å². The third kappa shape index (κ3) is 1.68. The lowest BCUT2D eigenvalue weighted by molar-refractivity contribution is -0.389. The minimum Gasteiger partial charge on any atom is -0.397 e. The van der Waals surface area contributed by atoms with Crippen LogP contribution in [0.2, 0.25) is 0 Å². The highest BCUT2D eigenvalue weighted by Gasteiger charge is 2.24. The van der Waals surface area contributed by atoms with Gasteiger partial charge < -0.3 is 21.6 Å². The Labute approximate surface area is 76.7 Å². The van der Waals surface area contributed by atoms with Gasteiger partial charge in [0, 0.05) is 0 Å². The Morgan fingerprint density at radius 3 is 2.50 bits per heavy atom. The summed E-state index contributed by atoms with van der Waals surface area (Å²) in [5.74, 6) is -0.744. The number of nitrogens with zero attached hydrogens (tertiary/aromatic N) is 2. The number of halogens is 2. The van der Waals surface area contributed by atoms with Gasteiger partial charge in [0.15, 0.2) is 0 Å². The second-order valence-corrected chi connectivity index (χ2v) is 2.43. The van der Waals surface area contributed by atoms with Crippen molar-refractivity contribution in [1.82, 2.24) is 4.98 Å². The molecule has 0 aliphatic carbocycles. The molecule has 8 heteroatoms. The van der Waals surface area contributed by atoms with E-state index in [0.717, 1.165) is 6.07 Å². The molecular weight excluding hydrogens is 198 g/mol. The van der Waals surface area contributed by atoms with Gasteiger partial charge in [-0.2, -0.15) is 0 Å². The Morgan fingerprint density at radius 1 is 1.50 bits per heavy atom. The number of anilines is 2. The van der Waals surface area contributed by atoms with Gasteiger partial charge >= 0.3 is 12.2 Å². The summed E-state index contributed by atoms with van der Waals surface area (Å²) >= 11 is 0. The van der Waals surface area contributed by atoms with Gasteiger partial charge in [-0.25, -0.2) is 8.78 Å². The van der Waals surface area contributed by atoms with Gasteiger partial charge in [-0.15, -0.1) is 0 Å². The highest BCUT2D eigenvalue weighted by Crippen LogP contribution is 2.30. The van der Waals surface area contributed by atoms with Crippen LogP contribution < -0.4 is 11.5 Å². The van der Waals surface area contributed by atoms with Crippen molar-refractivity contribution in [3.63, 3.8) is 0 Å².